The van der Waals surface area contributed by atoms with Crippen LogP contribution in [0.3, 0.4) is 0 Å². The monoisotopic (exact) mass is 605 g/mol. The second kappa shape index (κ2) is 13.1. The van der Waals surface area contributed by atoms with Crippen molar-refractivity contribution in [3.05, 3.63) is 60.0 Å². The van der Waals surface area contributed by atoms with Gasteiger partial charge in [0.05, 0.1) is 28.6 Å². The van der Waals surface area contributed by atoms with E-state index in [1.807, 2.05) is 84.0 Å². The van der Waals surface area contributed by atoms with Crippen LogP contribution in [0.25, 0.3) is 17.0 Å². The summed E-state index contributed by atoms with van der Waals surface area (Å²) in [6.45, 7) is 19.5. The molecule has 0 aliphatic carbocycles. The van der Waals surface area contributed by atoms with Gasteiger partial charge in [0.25, 0.3) is 11.8 Å². The molecular weight excluding hydrogens is 558 g/mol. The van der Waals surface area contributed by atoms with Gasteiger partial charge in [0.1, 0.15) is 18.2 Å². The number of hydrogen-bond acceptors (Lipinski definition) is 7. The maximum absolute atomic E-state index is 13.7. The molecule has 1 aromatic carbocycles. The summed E-state index contributed by atoms with van der Waals surface area (Å²) in [5.74, 6) is -0.696. The number of allylic oxidation sites excluding steroid dienone is 1. The lowest BCUT2D eigenvalue weighted by molar-refractivity contribution is -0.154. The summed E-state index contributed by atoms with van der Waals surface area (Å²) in [4.78, 5) is 45.2. The Kier molecular flexibility index (Phi) is 9.85. The fourth-order valence-corrected chi connectivity index (χ4v) is 5.29. The van der Waals surface area contributed by atoms with Gasteiger partial charge in [-0.1, -0.05) is 36.9 Å². The van der Waals surface area contributed by atoms with Crippen molar-refractivity contribution >= 4 is 34.7 Å². The first-order valence-electron chi connectivity index (χ1n) is 15.4. The normalized spacial score (nSPS) is 26.9. The van der Waals surface area contributed by atoms with E-state index in [9.17, 15) is 14.4 Å². The molecule has 1 fully saturated rings. The third-order valence-electron chi connectivity index (χ3n) is 7.94. The van der Waals surface area contributed by atoms with Gasteiger partial charge in [-0.05, 0) is 85.9 Å². The number of amides is 3. The number of carbonyl (C=O) groups excluding carboxylic acids is 3. The minimum atomic E-state index is -1.07. The largest absolute Gasteiger partial charge is 0.482 e. The summed E-state index contributed by atoms with van der Waals surface area (Å²) in [6, 6.07) is 8.08. The molecule has 10 heteroatoms. The lowest BCUT2D eigenvalue weighted by Gasteiger charge is -2.36. The Morgan fingerprint density at radius 2 is 1.75 bits per heavy atom. The molecule has 2 aliphatic heterocycles. The van der Waals surface area contributed by atoms with Crippen LogP contribution in [0.4, 0.5) is 0 Å². The Bertz CT molecular complexity index is 1450. The van der Waals surface area contributed by atoms with E-state index in [1.54, 1.807) is 13.8 Å². The zero-order valence-corrected chi connectivity index (χ0v) is 27.2. The summed E-state index contributed by atoms with van der Waals surface area (Å²) in [5, 5.41) is 8.25. The van der Waals surface area contributed by atoms with Crippen LogP contribution in [0, 0.1) is 5.41 Å². The number of aromatic nitrogens is 1. The molecule has 5 bridgehead atoms. The molecule has 0 spiro atoms. The first-order chi connectivity index (χ1) is 20.5. The van der Waals surface area contributed by atoms with E-state index < -0.39 is 41.2 Å². The second-order valence-electron chi connectivity index (χ2n) is 13.4. The molecule has 3 heterocycles. The Balaban J connectivity index is 1.72. The number of carbonyl (C=O) groups is 3. The summed E-state index contributed by atoms with van der Waals surface area (Å²) in [5.41, 5.74) is 4.34. The lowest BCUT2D eigenvalue weighted by atomic mass is 9.90. The standard InChI is InChI=1S/C34H47N5O5/c1-20-26-15-14-25-13-12-24(19-28(25)37-26)16-17-34(8,9)23(4)43-29(22(3)44-33(5,6)7)31(41)36-21(2)32(42)39-18-10-11-27(38-39)30(40)35-20/h12-17,19-22,27,29,38H,4,10-11,18H2,1-3,5-9H3,(H,35,40)(H,36,41)/b17-16+/t20-,21+,22-,27+,29+/m1/s1. The van der Waals surface area contributed by atoms with E-state index in [0.717, 1.165) is 22.2 Å². The van der Waals surface area contributed by atoms with Gasteiger partial charge in [0, 0.05) is 17.3 Å². The Morgan fingerprint density at radius 1 is 1.07 bits per heavy atom. The minimum Gasteiger partial charge on any atom is -0.482 e. The Morgan fingerprint density at radius 3 is 2.45 bits per heavy atom. The number of ether oxygens (including phenoxy) is 2. The molecule has 0 unspecified atom stereocenters. The van der Waals surface area contributed by atoms with Crippen molar-refractivity contribution in [2.45, 2.75) is 104 Å². The maximum Gasteiger partial charge on any atom is 0.264 e. The molecule has 4 rings (SSSR count). The van der Waals surface area contributed by atoms with E-state index >= 15 is 0 Å². The van der Waals surface area contributed by atoms with Crippen LogP contribution in [0.2, 0.25) is 0 Å². The third kappa shape index (κ3) is 8.04. The van der Waals surface area contributed by atoms with Gasteiger partial charge in [-0.3, -0.25) is 24.4 Å². The van der Waals surface area contributed by atoms with Crippen LogP contribution in [0.1, 0.15) is 85.5 Å². The number of hydrogen-bond donors (Lipinski definition) is 3. The molecule has 44 heavy (non-hydrogen) atoms. The minimum absolute atomic E-state index is 0.224. The molecule has 0 radical (unpaired) electrons. The topological polar surface area (TPSA) is 122 Å². The molecule has 5 atom stereocenters. The van der Waals surface area contributed by atoms with Crippen molar-refractivity contribution in [3.63, 3.8) is 0 Å². The zero-order chi connectivity index (χ0) is 32.4. The van der Waals surface area contributed by atoms with Gasteiger partial charge < -0.3 is 20.1 Å². The number of fused-ring (bicyclic) bond motifs is 4. The van der Waals surface area contributed by atoms with Gasteiger partial charge >= 0.3 is 0 Å². The fraction of sp³-hybridized carbons (Fsp3) is 0.529. The number of rotatable bonds is 2. The van der Waals surface area contributed by atoms with Crippen molar-refractivity contribution in [3.8, 4) is 0 Å². The fourth-order valence-electron chi connectivity index (χ4n) is 5.29. The molecule has 3 N–H and O–H groups in total. The van der Waals surface area contributed by atoms with Crippen LogP contribution in [0.5, 0.6) is 0 Å². The first kappa shape index (κ1) is 33.1. The second-order valence-corrected chi connectivity index (χ2v) is 13.4. The molecule has 2 aliphatic rings. The molecular formula is C34H47N5O5. The van der Waals surface area contributed by atoms with Crippen molar-refractivity contribution < 1.29 is 23.9 Å². The van der Waals surface area contributed by atoms with E-state index in [0.29, 0.717) is 25.1 Å². The van der Waals surface area contributed by atoms with Gasteiger partial charge in [0.2, 0.25) is 12.0 Å². The molecule has 10 nitrogen and oxygen atoms in total. The van der Waals surface area contributed by atoms with Gasteiger partial charge in [-0.15, -0.1) is 0 Å². The van der Waals surface area contributed by atoms with Crippen LogP contribution in [-0.4, -0.2) is 64.2 Å². The predicted octanol–water partition coefficient (Wildman–Crippen LogP) is 4.57. The highest BCUT2D eigenvalue weighted by Gasteiger charge is 2.37. The Labute approximate surface area is 260 Å². The maximum atomic E-state index is 13.7. The number of pyridine rings is 1. The molecule has 3 amide bonds. The van der Waals surface area contributed by atoms with E-state index in [1.165, 1.54) is 5.01 Å². The molecule has 1 aromatic heterocycles. The average molecular weight is 606 g/mol. The van der Waals surface area contributed by atoms with Crippen LogP contribution < -0.4 is 16.1 Å². The number of nitrogens with one attached hydrogen (secondary N) is 3. The first-order valence-corrected chi connectivity index (χ1v) is 15.4. The van der Waals surface area contributed by atoms with Crippen molar-refractivity contribution in [1.29, 1.82) is 0 Å². The number of benzene rings is 1. The van der Waals surface area contributed by atoms with Gasteiger partial charge in [0.15, 0.2) is 0 Å². The highest BCUT2D eigenvalue weighted by Crippen LogP contribution is 2.31. The van der Waals surface area contributed by atoms with E-state index in [-0.39, 0.29) is 17.9 Å². The molecule has 0 saturated carbocycles. The predicted molar refractivity (Wildman–Crippen MR) is 171 cm³/mol. The third-order valence-corrected chi connectivity index (χ3v) is 7.94. The van der Waals surface area contributed by atoms with Gasteiger partial charge in [-0.25, -0.2) is 5.43 Å². The number of nitrogens with zero attached hydrogens (tertiary/aromatic N) is 2. The molecule has 238 valence electrons. The highest BCUT2D eigenvalue weighted by atomic mass is 16.6. The molecule has 2 aromatic rings. The van der Waals surface area contributed by atoms with Crippen LogP contribution >= 0.6 is 0 Å². The van der Waals surface area contributed by atoms with Crippen molar-refractivity contribution in [2.75, 3.05) is 6.54 Å². The van der Waals surface area contributed by atoms with Gasteiger partial charge in [-0.2, -0.15) is 0 Å². The van der Waals surface area contributed by atoms with Crippen LogP contribution in [-0.2, 0) is 23.9 Å². The summed E-state index contributed by atoms with van der Waals surface area (Å²) in [7, 11) is 0. The summed E-state index contributed by atoms with van der Waals surface area (Å²) >= 11 is 0. The number of hydrazine groups is 1. The smallest absolute Gasteiger partial charge is 0.264 e. The lowest BCUT2D eigenvalue weighted by Crippen LogP contribution is -2.61. The van der Waals surface area contributed by atoms with Crippen LogP contribution in [0.15, 0.2) is 48.7 Å². The van der Waals surface area contributed by atoms with Crippen molar-refractivity contribution in [2.24, 2.45) is 5.41 Å². The zero-order valence-electron chi connectivity index (χ0n) is 27.2. The Hall–Kier alpha value is -3.76. The van der Waals surface area contributed by atoms with Crippen molar-refractivity contribution in [1.82, 2.24) is 26.1 Å². The quantitative estimate of drug-likeness (QED) is 0.459. The summed E-state index contributed by atoms with van der Waals surface area (Å²) < 4.78 is 12.4. The summed E-state index contributed by atoms with van der Waals surface area (Å²) in [6.07, 6.45) is 3.42. The SMILES string of the molecule is C=C1O[C@@H]([C@@H](C)OC(C)(C)C)C(=O)N[C@@H](C)C(=O)N2CCC[C@H](N2)C(=O)N[C@H](C)c2ccc3ccc(cc3n2)/C=C/C1(C)C. The average Bonchev–Trinajstić information content (AvgIpc) is 2.96. The van der Waals surface area contributed by atoms with E-state index in [4.69, 9.17) is 14.5 Å². The van der Waals surface area contributed by atoms with E-state index in [2.05, 4.69) is 22.6 Å². The highest BCUT2D eigenvalue weighted by molar-refractivity contribution is 5.90. The molecule has 1 saturated heterocycles.